The molecule has 0 fully saturated rings. The number of rotatable bonds is 1. The van der Waals surface area contributed by atoms with Crippen LogP contribution in [0.4, 0.5) is 4.39 Å². The van der Waals surface area contributed by atoms with Crippen molar-refractivity contribution in [2.24, 2.45) is 0 Å². The van der Waals surface area contributed by atoms with Crippen molar-refractivity contribution in [3.63, 3.8) is 0 Å². The van der Waals surface area contributed by atoms with Crippen molar-refractivity contribution >= 4 is 34.5 Å². The van der Waals surface area contributed by atoms with Crippen LogP contribution < -0.4 is 0 Å². The molecule has 0 aromatic carbocycles. The minimum Gasteiger partial charge on any atom is -0.304 e. The molecule has 0 saturated carbocycles. The Labute approximate surface area is 86.7 Å². The molecule has 5 heteroatoms. The van der Waals surface area contributed by atoms with E-state index in [4.69, 9.17) is 0 Å². The van der Waals surface area contributed by atoms with Crippen LogP contribution in [-0.2, 0) is 0 Å². The van der Waals surface area contributed by atoms with Crippen LogP contribution in [0.1, 0.15) is 10.5 Å². The Morgan fingerprint density at radius 3 is 3.08 bits per heavy atom. The number of pyridine rings is 1. The molecule has 0 unspecified atom stereocenters. The molecule has 3 nitrogen and oxygen atoms in total. The van der Waals surface area contributed by atoms with Gasteiger partial charge < -0.3 is 4.40 Å². The first-order chi connectivity index (χ1) is 6.22. The van der Waals surface area contributed by atoms with Gasteiger partial charge in [0.25, 0.3) is 0 Å². The summed E-state index contributed by atoms with van der Waals surface area (Å²) in [5, 5.41) is 0. The average molecular weight is 290 g/mol. The smallest absolute Gasteiger partial charge is 0.179 e. The molecule has 0 N–H and O–H groups in total. The standard InChI is InChI=1S/C8H4FIN2O/c9-7-6(10)1-2-12-3-5(4-13)11-8(7)12/h1-4H. The molecule has 2 aromatic rings. The molecule has 66 valence electrons. The van der Waals surface area contributed by atoms with Gasteiger partial charge in [-0.05, 0) is 28.7 Å². The first-order valence-corrected chi connectivity index (χ1v) is 4.58. The molecule has 2 heterocycles. The Balaban J connectivity index is 2.83. The predicted molar refractivity (Wildman–Crippen MR) is 53.3 cm³/mol. The van der Waals surface area contributed by atoms with E-state index in [1.54, 1.807) is 12.3 Å². The first kappa shape index (κ1) is 8.61. The highest BCUT2D eigenvalue weighted by Crippen LogP contribution is 2.15. The molecule has 0 aliphatic rings. The minimum absolute atomic E-state index is 0.189. The zero-order valence-electron chi connectivity index (χ0n) is 6.37. The fourth-order valence-electron chi connectivity index (χ4n) is 1.07. The van der Waals surface area contributed by atoms with E-state index in [1.165, 1.54) is 10.6 Å². The van der Waals surface area contributed by atoms with E-state index in [1.807, 2.05) is 22.6 Å². The lowest BCUT2D eigenvalue weighted by molar-refractivity contribution is 0.111. The Kier molecular flexibility index (Phi) is 2.03. The van der Waals surface area contributed by atoms with Crippen molar-refractivity contribution in [1.29, 1.82) is 0 Å². The third-order valence-corrected chi connectivity index (χ3v) is 2.49. The number of aromatic nitrogens is 2. The Morgan fingerprint density at radius 1 is 1.62 bits per heavy atom. The summed E-state index contributed by atoms with van der Waals surface area (Å²) in [7, 11) is 0. The highest BCUT2D eigenvalue weighted by molar-refractivity contribution is 14.1. The van der Waals surface area contributed by atoms with Gasteiger partial charge in [-0.25, -0.2) is 9.37 Å². The van der Waals surface area contributed by atoms with E-state index in [9.17, 15) is 9.18 Å². The van der Waals surface area contributed by atoms with E-state index >= 15 is 0 Å². The van der Waals surface area contributed by atoms with Crippen LogP contribution in [0.25, 0.3) is 5.65 Å². The molecule has 2 aromatic heterocycles. The van der Waals surface area contributed by atoms with Crippen LogP contribution in [0.3, 0.4) is 0 Å². The van der Waals surface area contributed by atoms with Crippen LogP contribution in [0.2, 0.25) is 0 Å². The number of carbonyl (C=O) groups excluding carboxylic acids is 1. The van der Waals surface area contributed by atoms with Crippen LogP contribution in [0, 0.1) is 9.39 Å². The van der Waals surface area contributed by atoms with Gasteiger partial charge in [-0.3, -0.25) is 4.79 Å². The normalized spacial score (nSPS) is 10.6. The lowest BCUT2D eigenvalue weighted by atomic mass is 10.4. The fraction of sp³-hybridized carbons (Fsp3) is 0. The Bertz CT molecular complexity index is 480. The van der Waals surface area contributed by atoms with Gasteiger partial charge in [-0.1, -0.05) is 0 Å². The molecule has 0 amide bonds. The van der Waals surface area contributed by atoms with E-state index in [0.29, 0.717) is 9.86 Å². The van der Waals surface area contributed by atoms with E-state index in [2.05, 4.69) is 4.98 Å². The van der Waals surface area contributed by atoms with Crippen molar-refractivity contribution in [2.45, 2.75) is 0 Å². The van der Waals surface area contributed by atoms with Crippen LogP contribution >= 0.6 is 22.6 Å². The van der Waals surface area contributed by atoms with Crippen molar-refractivity contribution in [2.75, 3.05) is 0 Å². The molecule has 0 radical (unpaired) electrons. The Morgan fingerprint density at radius 2 is 2.38 bits per heavy atom. The molecule has 0 aliphatic carbocycles. The largest absolute Gasteiger partial charge is 0.304 e. The van der Waals surface area contributed by atoms with Gasteiger partial charge in [0.15, 0.2) is 17.8 Å². The maximum absolute atomic E-state index is 13.3. The summed E-state index contributed by atoms with van der Waals surface area (Å²) in [4.78, 5) is 14.2. The third-order valence-electron chi connectivity index (χ3n) is 1.66. The highest BCUT2D eigenvalue weighted by atomic mass is 127. The summed E-state index contributed by atoms with van der Waals surface area (Å²) in [6.07, 6.45) is 3.75. The summed E-state index contributed by atoms with van der Waals surface area (Å²) < 4.78 is 15.3. The number of hydrogen-bond donors (Lipinski definition) is 0. The SMILES string of the molecule is O=Cc1cn2ccc(I)c(F)c2n1. The van der Waals surface area contributed by atoms with E-state index < -0.39 is 5.82 Å². The minimum atomic E-state index is -0.392. The van der Waals surface area contributed by atoms with Crippen LogP contribution in [-0.4, -0.2) is 15.7 Å². The molecule has 0 spiro atoms. The maximum Gasteiger partial charge on any atom is 0.179 e. The van der Waals surface area contributed by atoms with Crippen LogP contribution in [0.5, 0.6) is 0 Å². The number of halogens is 2. The average Bonchev–Trinajstić information content (AvgIpc) is 2.55. The van der Waals surface area contributed by atoms with Gasteiger partial charge in [-0.2, -0.15) is 0 Å². The van der Waals surface area contributed by atoms with Crippen LogP contribution in [0.15, 0.2) is 18.5 Å². The predicted octanol–water partition coefficient (Wildman–Crippen LogP) is 1.89. The van der Waals surface area contributed by atoms with Gasteiger partial charge in [0.1, 0.15) is 5.69 Å². The summed E-state index contributed by atoms with van der Waals surface area (Å²) in [5.41, 5.74) is 0.426. The fourth-order valence-corrected chi connectivity index (χ4v) is 1.47. The molecule has 0 aliphatic heterocycles. The highest BCUT2D eigenvalue weighted by Gasteiger charge is 2.08. The van der Waals surface area contributed by atoms with E-state index in [0.717, 1.165) is 0 Å². The summed E-state index contributed by atoms with van der Waals surface area (Å²) in [6.45, 7) is 0. The van der Waals surface area contributed by atoms with Gasteiger partial charge in [0.05, 0.1) is 3.57 Å². The third kappa shape index (κ3) is 1.32. The molecular formula is C8H4FIN2O. The topological polar surface area (TPSA) is 34.4 Å². The quantitative estimate of drug-likeness (QED) is 0.594. The van der Waals surface area contributed by atoms with Crippen molar-refractivity contribution in [1.82, 2.24) is 9.38 Å². The second-order valence-electron chi connectivity index (χ2n) is 2.49. The Hall–Kier alpha value is -0.980. The molecule has 13 heavy (non-hydrogen) atoms. The zero-order valence-corrected chi connectivity index (χ0v) is 8.53. The number of nitrogens with zero attached hydrogens (tertiary/aromatic N) is 2. The van der Waals surface area contributed by atoms with Gasteiger partial charge in [0, 0.05) is 12.4 Å². The second kappa shape index (κ2) is 3.06. The summed E-state index contributed by atoms with van der Waals surface area (Å²) in [5.74, 6) is -0.392. The van der Waals surface area contributed by atoms with Crippen molar-refractivity contribution in [3.8, 4) is 0 Å². The first-order valence-electron chi connectivity index (χ1n) is 3.50. The number of imidazole rings is 1. The number of aldehydes is 1. The summed E-state index contributed by atoms with van der Waals surface area (Å²) in [6, 6.07) is 1.62. The number of carbonyl (C=O) groups is 1. The monoisotopic (exact) mass is 290 g/mol. The molecule has 0 saturated heterocycles. The van der Waals surface area contributed by atoms with Crippen molar-refractivity contribution in [3.05, 3.63) is 33.5 Å². The molecule has 2 rings (SSSR count). The number of fused-ring (bicyclic) bond motifs is 1. The van der Waals surface area contributed by atoms with Gasteiger partial charge in [-0.15, -0.1) is 0 Å². The maximum atomic E-state index is 13.3. The van der Waals surface area contributed by atoms with Gasteiger partial charge >= 0.3 is 0 Å². The van der Waals surface area contributed by atoms with E-state index in [-0.39, 0.29) is 11.3 Å². The van der Waals surface area contributed by atoms with Gasteiger partial charge in [0.2, 0.25) is 0 Å². The summed E-state index contributed by atoms with van der Waals surface area (Å²) >= 11 is 1.88. The lowest BCUT2D eigenvalue weighted by Crippen LogP contribution is -1.90. The second-order valence-corrected chi connectivity index (χ2v) is 3.65. The molecule has 0 bridgehead atoms. The zero-order chi connectivity index (χ0) is 9.42. The molecular weight excluding hydrogens is 286 g/mol. The van der Waals surface area contributed by atoms with Crippen molar-refractivity contribution < 1.29 is 9.18 Å². The molecule has 0 atom stereocenters. The number of hydrogen-bond acceptors (Lipinski definition) is 2. The lowest BCUT2D eigenvalue weighted by Gasteiger charge is -1.95.